The van der Waals surface area contributed by atoms with E-state index in [4.69, 9.17) is 9.47 Å². The number of ketones is 1. The second kappa shape index (κ2) is 6.17. The first kappa shape index (κ1) is 15.8. The summed E-state index contributed by atoms with van der Waals surface area (Å²) >= 11 is 0. The van der Waals surface area contributed by atoms with E-state index >= 15 is 0 Å². The summed E-state index contributed by atoms with van der Waals surface area (Å²) < 4.78 is 10.8. The molecule has 1 atom stereocenters. The van der Waals surface area contributed by atoms with E-state index in [1.165, 1.54) is 5.56 Å². The Morgan fingerprint density at radius 1 is 1.13 bits per heavy atom. The van der Waals surface area contributed by atoms with Gasteiger partial charge in [0.25, 0.3) is 0 Å². The second-order valence-electron chi connectivity index (χ2n) is 6.95. The van der Waals surface area contributed by atoms with Gasteiger partial charge in [-0.2, -0.15) is 0 Å². The minimum atomic E-state index is 0.0126. The third-order valence-electron chi connectivity index (χ3n) is 3.95. The van der Waals surface area contributed by atoms with Crippen molar-refractivity contribution in [2.24, 2.45) is 0 Å². The standard InChI is InChI=1S/C20H22O3/c1-20(2,3)16-9-7-14(8-10-16)19(21)15-5-4-6-17(11-15)22-12-18-13-23-18/h4-11,18H,12-13H2,1-3H3. The summed E-state index contributed by atoms with van der Waals surface area (Å²) in [5.41, 5.74) is 2.64. The second-order valence-corrected chi connectivity index (χ2v) is 6.95. The number of hydrogen-bond acceptors (Lipinski definition) is 3. The van der Waals surface area contributed by atoms with Crippen molar-refractivity contribution in [1.82, 2.24) is 0 Å². The van der Waals surface area contributed by atoms with E-state index < -0.39 is 0 Å². The number of epoxide rings is 1. The van der Waals surface area contributed by atoms with Crippen molar-refractivity contribution < 1.29 is 14.3 Å². The van der Waals surface area contributed by atoms with E-state index in [1.54, 1.807) is 6.07 Å². The predicted molar refractivity (Wildman–Crippen MR) is 90.3 cm³/mol. The molecule has 0 saturated carbocycles. The Kier molecular flexibility index (Phi) is 4.22. The van der Waals surface area contributed by atoms with Gasteiger partial charge >= 0.3 is 0 Å². The molecule has 1 unspecified atom stereocenters. The summed E-state index contributed by atoms with van der Waals surface area (Å²) in [5.74, 6) is 0.719. The van der Waals surface area contributed by atoms with Crippen molar-refractivity contribution in [3.05, 3.63) is 65.2 Å². The van der Waals surface area contributed by atoms with Gasteiger partial charge in [0.05, 0.1) is 6.61 Å². The lowest BCUT2D eigenvalue weighted by Gasteiger charge is -2.19. The Balaban J connectivity index is 1.75. The monoisotopic (exact) mass is 310 g/mol. The normalized spacial score (nSPS) is 16.9. The van der Waals surface area contributed by atoms with Gasteiger partial charge in [-0.25, -0.2) is 0 Å². The van der Waals surface area contributed by atoms with E-state index in [0.29, 0.717) is 23.5 Å². The molecule has 1 fully saturated rings. The van der Waals surface area contributed by atoms with Crippen molar-refractivity contribution >= 4 is 5.78 Å². The predicted octanol–water partition coefficient (Wildman–Crippen LogP) is 3.99. The molecule has 23 heavy (non-hydrogen) atoms. The van der Waals surface area contributed by atoms with E-state index in [0.717, 1.165) is 6.61 Å². The number of rotatable bonds is 5. The topological polar surface area (TPSA) is 38.8 Å². The Labute approximate surface area is 137 Å². The fourth-order valence-electron chi connectivity index (χ4n) is 2.37. The Hall–Kier alpha value is -2.13. The van der Waals surface area contributed by atoms with Crippen LogP contribution in [-0.2, 0) is 10.2 Å². The van der Waals surface area contributed by atoms with Gasteiger partial charge in [-0.15, -0.1) is 0 Å². The lowest BCUT2D eigenvalue weighted by Crippen LogP contribution is -2.11. The molecule has 0 aliphatic carbocycles. The average molecular weight is 310 g/mol. The molecule has 2 aromatic rings. The SMILES string of the molecule is CC(C)(C)c1ccc(C(=O)c2cccc(OCC3CO3)c2)cc1. The van der Waals surface area contributed by atoms with Gasteiger partial charge in [-0.3, -0.25) is 4.79 Å². The van der Waals surface area contributed by atoms with Crippen LogP contribution < -0.4 is 4.74 Å². The lowest BCUT2D eigenvalue weighted by molar-refractivity contribution is 0.103. The molecule has 0 aromatic heterocycles. The molecule has 3 nitrogen and oxygen atoms in total. The van der Waals surface area contributed by atoms with E-state index in [1.807, 2.05) is 42.5 Å². The summed E-state index contributed by atoms with van der Waals surface area (Å²) in [6.45, 7) is 7.79. The van der Waals surface area contributed by atoms with Crippen LogP contribution in [0.5, 0.6) is 5.75 Å². The van der Waals surface area contributed by atoms with E-state index in [2.05, 4.69) is 20.8 Å². The van der Waals surface area contributed by atoms with Crippen LogP contribution in [0, 0.1) is 0 Å². The summed E-state index contributed by atoms with van der Waals surface area (Å²) in [6.07, 6.45) is 0.208. The summed E-state index contributed by atoms with van der Waals surface area (Å²) in [4.78, 5) is 12.6. The highest BCUT2D eigenvalue weighted by Gasteiger charge is 2.23. The zero-order valence-electron chi connectivity index (χ0n) is 13.8. The number of ether oxygens (including phenoxy) is 2. The molecule has 1 aliphatic heterocycles. The summed E-state index contributed by atoms with van der Waals surface area (Å²) in [6, 6.07) is 15.2. The summed E-state index contributed by atoms with van der Waals surface area (Å²) in [7, 11) is 0. The molecule has 3 rings (SSSR count). The van der Waals surface area contributed by atoms with Crippen LogP contribution in [0.25, 0.3) is 0 Å². The van der Waals surface area contributed by atoms with Crippen LogP contribution >= 0.6 is 0 Å². The van der Waals surface area contributed by atoms with Gasteiger partial charge in [0.2, 0.25) is 0 Å². The van der Waals surface area contributed by atoms with E-state index in [9.17, 15) is 4.79 Å². The Bertz CT molecular complexity index is 692. The van der Waals surface area contributed by atoms with Gasteiger partial charge in [0, 0.05) is 11.1 Å². The molecular weight excluding hydrogens is 288 g/mol. The van der Waals surface area contributed by atoms with Gasteiger partial charge in [-0.1, -0.05) is 57.2 Å². The molecule has 0 N–H and O–H groups in total. The van der Waals surface area contributed by atoms with Crippen molar-refractivity contribution in [1.29, 1.82) is 0 Å². The molecule has 0 spiro atoms. The average Bonchev–Trinajstić information content (AvgIpc) is 3.36. The van der Waals surface area contributed by atoms with Crippen molar-refractivity contribution in [3.8, 4) is 5.75 Å². The molecule has 3 heteroatoms. The largest absolute Gasteiger partial charge is 0.491 e. The highest BCUT2D eigenvalue weighted by atomic mass is 16.6. The van der Waals surface area contributed by atoms with Crippen LogP contribution in [-0.4, -0.2) is 25.1 Å². The number of carbonyl (C=O) groups excluding carboxylic acids is 1. The fraction of sp³-hybridized carbons (Fsp3) is 0.350. The van der Waals surface area contributed by atoms with Crippen LogP contribution in [0.2, 0.25) is 0 Å². The number of benzene rings is 2. The highest BCUT2D eigenvalue weighted by Crippen LogP contribution is 2.24. The Morgan fingerprint density at radius 3 is 2.43 bits per heavy atom. The first-order valence-corrected chi connectivity index (χ1v) is 7.93. The zero-order valence-corrected chi connectivity index (χ0v) is 13.8. The number of carbonyl (C=O) groups is 1. The third-order valence-corrected chi connectivity index (χ3v) is 3.95. The molecule has 1 saturated heterocycles. The first-order chi connectivity index (χ1) is 10.9. The molecule has 0 bridgehead atoms. The minimum Gasteiger partial charge on any atom is -0.491 e. The van der Waals surface area contributed by atoms with Crippen LogP contribution in [0.4, 0.5) is 0 Å². The Morgan fingerprint density at radius 2 is 1.83 bits per heavy atom. The molecule has 0 radical (unpaired) electrons. The summed E-state index contributed by atoms with van der Waals surface area (Å²) in [5, 5.41) is 0. The molecular formula is C20H22O3. The minimum absolute atomic E-state index is 0.0126. The fourth-order valence-corrected chi connectivity index (χ4v) is 2.37. The van der Waals surface area contributed by atoms with Gasteiger partial charge < -0.3 is 9.47 Å². The first-order valence-electron chi connectivity index (χ1n) is 7.93. The van der Waals surface area contributed by atoms with Crippen LogP contribution in [0.1, 0.15) is 42.3 Å². The van der Waals surface area contributed by atoms with Crippen LogP contribution in [0.3, 0.4) is 0 Å². The smallest absolute Gasteiger partial charge is 0.193 e. The van der Waals surface area contributed by atoms with Crippen molar-refractivity contribution in [3.63, 3.8) is 0 Å². The quantitative estimate of drug-likeness (QED) is 0.619. The zero-order chi connectivity index (χ0) is 16.4. The van der Waals surface area contributed by atoms with Gasteiger partial charge in [-0.05, 0) is 23.1 Å². The van der Waals surface area contributed by atoms with Gasteiger partial charge in [0.1, 0.15) is 18.5 Å². The lowest BCUT2D eigenvalue weighted by atomic mass is 9.86. The van der Waals surface area contributed by atoms with Crippen LogP contribution in [0.15, 0.2) is 48.5 Å². The maximum Gasteiger partial charge on any atom is 0.193 e. The van der Waals surface area contributed by atoms with Crippen molar-refractivity contribution in [2.75, 3.05) is 13.2 Å². The molecule has 120 valence electrons. The number of hydrogen-bond donors (Lipinski definition) is 0. The maximum absolute atomic E-state index is 12.6. The molecule has 1 aliphatic rings. The van der Waals surface area contributed by atoms with Gasteiger partial charge in [0.15, 0.2) is 5.78 Å². The molecule has 1 heterocycles. The highest BCUT2D eigenvalue weighted by molar-refractivity contribution is 6.09. The maximum atomic E-state index is 12.6. The third kappa shape index (κ3) is 3.99. The molecule has 2 aromatic carbocycles. The molecule has 0 amide bonds. The van der Waals surface area contributed by atoms with Crippen molar-refractivity contribution in [2.45, 2.75) is 32.3 Å². The van der Waals surface area contributed by atoms with E-state index in [-0.39, 0.29) is 17.3 Å².